The number of amides is 2. The molecule has 0 saturated carbocycles. The number of para-hydroxylation sites is 1. The number of carbonyl (C=O) groups excluding carboxylic acids is 2. The van der Waals surface area contributed by atoms with Crippen LogP contribution in [0.4, 0.5) is 11.4 Å². The van der Waals surface area contributed by atoms with E-state index < -0.39 is 11.3 Å². The average Bonchev–Trinajstić information content (AvgIpc) is 3.20. The molecule has 2 heterocycles. The van der Waals surface area contributed by atoms with Gasteiger partial charge in [0, 0.05) is 29.4 Å². The molecule has 3 atom stereocenters. The summed E-state index contributed by atoms with van der Waals surface area (Å²) in [5.41, 5.74) is 2.12. The first-order valence-corrected chi connectivity index (χ1v) is 12.0. The zero-order valence-corrected chi connectivity index (χ0v) is 20.7. The Bertz CT molecular complexity index is 1160. The SMILES string of the molecule is CC[C@H](C)[C@@H]1N=C2c3ccccc3N=C(S[C@@H](C)C(=O)Nc3cc(OC)cc(OC)c3)N2C1=O. The van der Waals surface area contributed by atoms with Crippen molar-refractivity contribution in [3.63, 3.8) is 0 Å². The van der Waals surface area contributed by atoms with Crippen LogP contribution in [0.15, 0.2) is 52.4 Å². The van der Waals surface area contributed by atoms with Crippen LogP contribution in [0.25, 0.3) is 0 Å². The van der Waals surface area contributed by atoms with Crippen LogP contribution in [0.2, 0.25) is 0 Å². The Labute approximate surface area is 203 Å². The number of benzene rings is 2. The number of fused-ring (bicyclic) bond motifs is 3. The summed E-state index contributed by atoms with van der Waals surface area (Å²) in [5.74, 6) is 1.52. The van der Waals surface area contributed by atoms with Gasteiger partial charge in [-0.3, -0.25) is 14.6 Å². The van der Waals surface area contributed by atoms with Gasteiger partial charge in [0.15, 0.2) is 5.17 Å². The zero-order chi connectivity index (χ0) is 24.4. The van der Waals surface area contributed by atoms with Gasteiger partial charge in [-0.1, -0.05) is 44.2 Å². The van der Waals surface area contributed by atoms with Crippen LogP contribution in [-0.4, -0.2) is 53.2 Å². The Morgan fingerprint density at radius 1 is 1.15 bits per heavy atom. The molecule has 1 N–H and O–H groups in total. The number of methoxy groups -OCH3 is 2. The lowest BCUT2D eigenvalue weighted by Gasteiger charge is -2.27. The number of carbonyl (C=O) groups is 2. The van der Waals surface area contributed by atoms with Crippen molar-refractivity contribution in [2.75, 3.05) is 19.5 Å². The Hall–Kier alpha value is -3.33. The van der Waals surface area contributed by atoms with E-state index in [4.69, 9.17) is 19.5 Å². The third-order valence-electron chi connectivity index (χ3n) is 5.95. The van der Waals surface area contributed by atoms with E-state index in [9.17, 15) is 9.59 Å². The van der Waals surface area contributed by atoms with E-state index in [0.717, 1.165) is 17.7 Å². The molecule has 9 heteroatoms. The molecular weight excluding hydrogens is 452 g/mol. The second kappa shape index (κ2) is 9.89. The number of aliphatic imine (C=N–C) groups is 2. The normalized spacial score (nSPS) is 18.3. The highest BCUT2D eigenvalue weighted by Crippen LogP contribution is 2.36. The molecule has 0 aromatic heterocycles. The number of ether oxygens (including phenoxy) is 2. The predicted molar refractivity (Wildman–Crippen MR) is 135 cm³/mol. The maximum absolute atomic E-state index is 13.3. The van der Waals surface area contributed by atoms with E-state index in [1.54, 1.807) is 44.2 Å². The third-order valence-corrected chi connectivity index (χ3v) is 7.00. The van der Waals surface area contributed by atoms with Crippen molar-refractivity contribution >= 4 is 46.0 Å². The second-order valence-electron chi connectivity index (χ2n) is 8.22. The number of hydrogen-bond acceptors (Lipinski definition) is 7. The molecule has 2 aliphatic heterocycles. The van der Waals surface area contributed by atoms with Crippen LogP contribution in [-0.2, 0) is 9.59 Å². The molecule has 0 aliphatic carbocycles. The smallest absolute Gasteiger partial charge is 0.259 e. The summed E-state index contributed by atoms with van der Waals surface area (Å²) < 4.78 is 10.6. The van der Waals surface area contributed by atoms with Gasteiger partial charge in [0.2, 0.25) is 5.91 Å². The van der Waals surface area contributed by atoms with Gasteiger partial charge in [-0.05, 0) is 25.0 Å². The molecule has 2 aromatic carbocycles. The first-order valence-electron chi connectivity index (χ1n) is 11.2. The summed E-state index contributed by atoms with van der Waals surface area (Å²) in [6, 6.07) is 12.3. The van der Waals surface area contributed by atoms with Gasteiger partial charge >= 0.3 is 0 Å². The lowest BCUT2D eigenvalue weighted by Crippen LogP contribution is -2.43. The average molecular weight is 481 g/mol. The number of anilines is 1. The lowest BCUT2D eigenvalue weighted by atomic mass is 10.00. The van der Waals surface area contributed by atoms with E-state index in [2.05, 4.69) is 5.32 Å². The van der Waals surface area contributed by atoms with Gasteiger partial charge in [0.1, 0.15) is 23.4 Å². The third kappa shape index (κ3) is 4.52. The van der Waals surface area contributed by atoms with Gasteiger partial charge in [0.05, 0.1) is 25.2 Å². The summed E-state index contributed by atoms with van der Waals surface area (Å²) in [6.45, 7) is 5.86. The highest BCUT2D eigenvalue weighted by atomic mass is 32.2. The molecule has 0 radical (unpaired) electrons. The Kier molecular flexibility index (Phi) is 6.92. The number of hydrogen-bond donors (Lipinski definition) is 1. The van der Waals surface area contributed by atoms with Crippen LogP contribution >= 0.6 is 11.8 Å². The van der Waals surface area contributed by atoms with Crippen molar-refractivity contribution in [2.45, 2.75) is 38.5 Å². The number of nitrogens with one attached hydrogen (secondary N) is 1. The van der Waals surface area contributed by atoms with Gasteiger partial charge < -0.3 is 14.8 Å². The molecule has 0 fully saturated rings. The summed E-state index contributed by atoms with van der Waals surface area (Å²) in [5, 5.41) is 2.83. The molecule has 178 valence electrons. The second-order valence-corrected chi connectivity index (χ2v) is 9.53. The number of rotatable bonds is 7. The van der Waals surface area contributed by atoms with Crippen molar-refractivity contribution in [1.82, 2.24) is 4.90 Å². The van der Waals surface area contributed by atoms with Crippen molar-refractivity contribution < 1.29 is 19.1 Å². The summed E-state index contributed by atoms with van der Waals surface area (Å²) in [4.78, 5) is 37.4. The largest absolute Gasteiger partial charge is 0.497 e. The fraction of sp³-hybridized carbons (Fsp3) is 0.360. The maximum atomic E-state index is 13.3. The summed E-state index contributed by atoms with van der Waals surface area (Å²) in [6.07, 6.45) is 0.838. The Morgan fingerprint density at radius 2 is 1.82 bits per heavy atom. The van der Waals surface area contributed by atoms with Crippen LogP contribution in [0.1, 0.15) is 32.8 Å². The van der Waals surface area contributed by atoms with Crippen LogP contribution in [0, 0.1) is 5.92 Å². The fourth-order valence-electron chi connectivity index (χ4n) is 3.78. The van der Waals surface area contributed by atoms with Crippen molar-refractivity contribution in [3.05, 3.63) is 48.0 Å². The minimum absolute atomic E-state index is 0.102. The number of amidine groups is 2. The van der Waals surface area contributed by atoms with E-state index in [0.29, 0.717) is 28.2 Å². The van der Waals surface area contributed by atoms with E-state index in [-0.39, 0.29) is 17.7 Å². The minimum atomic E-state index is -0.530. The van der Waals surface area contributed by atoms with Gasteiger partial charge in [-0.25, -0.2) is 9.89 Å². The maximum Gasteiger partial charge on any atom is 0.259 e. The molecule has 0 saturated heterocycles. The highest BCUT2D eigenvalue weighted by molar-refractivity contribution is 8.15. The molecule has 0 spiro atoms. The molecule has 2 aliphatic rings. The standard InChI is InChI=1S/C25H28N4O4S/c1-6-14(2)21-24(31)29-22(28-21)19-9-7-8-10-20(19)27-25(29)34-15(3)23(30)26-16-11-17(32-4)13-18(12-16)33-5/h7-15,21H,6H2,1-5H3,(H,26,30)/t14-,15-,21-/m0/s1. The van der Waals surface area contributed by atoms with E-state index >= 15 is 0 Å². The molecule has 0 bridgehead atoms. The Morgan fingerprint density at radius 3 is 2.47 bits per heavy atom. The quantitative estimate of drug-likeness (QED) is 0.631. The molecule has 4 rings (SSSR count). The minimum Gasteiger partial charge on any atom is -0.497 e. The predicted octanol–water partition coefficient (Wildman–Crippen LogP) is 4.47. The lowest BCUT2D eigenvalue weighted by molar-refractivity contribution is -0.125. The molecule has 34 heavy (non-hydrogen) atoms. The molecule has 2 aromatic rings. The van der Waals surface area contributed by atoms with E-state index in [1.807, 2.05) is 38.1 Å². The topological polar surface area (TPSA) is 92.6 Å². The summed E-state index contributed by atoms with van der Waals surface area (Å²) in [7, 11) is 3.10. The first kappa shape index (κ1) is 23.8. The molecule has 2 amide bonds. The number of nitrogens with zero attached hydrogens (tertiary/aromatic N) is 3. The highest BCUT2D eigenvalue weighted by Gasteiger charge is 2.43. The molecule has 8 nitrogen and oxygen atoms in total. The molecule has 0 unspecified atom stereocenters. The summed E-state index contributed by atoms with van der Waals surface area (Å²) >= 11 is 1.23. The molecular formula is C25H28N4O4S. The van der Waals surface area contributed by atoms with Crippen molar-refractivity contribution in [3.8, 4) is 11.5 Å². The Balaban J connectivity index is 1.58. The first-order chi connectivity index (χ1) is 16.4. The van der Waals surface area contributed by atoms with Crippen molar-refractivity contribution in [1.29, 1.82) is 0 Å². The fourth-order valence-corrected chi connectivity index (χ4v) is 4.69. The monoisotopic (exact) mass is 480 g/mol. The van der Waals surface area contributed by atoms with Gasteiger partial charge in [-0.2, -0.15) is 0 Å². The number of thioether (sulfide) groups is 1. The zero-order valence-electron chi connectivity index (χ0n) is 19.9. The van der Waals surface area contributed by atoms with Crippen LogP contribution < -0.4 is 14.8 Å². The van der Waals surface area contributed by atoms with Gasteiger partial charge in [-0.15, -0.1) is 0 Å². The van der Waals surface area contributed by atoms with Crippen LogP contribution in [0.5, 0.6) is 11.5 Å². The van der Waals surface area contributed by atoms with Crippen LogP contribution in [0.3, 0.4) is 0 Å². The van der Waals surface area contributed by atoms with Gasteiger partial charge in [0.25, 0.3) is 5.91 Å². The van der Waals surface area contributed by atoms with Crippen molar-refractivity contribution in [2.24, 2.45) is 15.9 Å². The van der Waals surface area contributed by atoms with E-state index in [1.165, 1.54) is 11.8 Å².